The topological polar surface area (TPSA) is 16.4 Å². The van der Waals surface area contributed by atoms with Gasteiger partial charge in [-0.1, -0.05) is 94.1 Å². The summed E-state index contributed by atoms with van der Waals surface area (Å²) in [5, 5.41) is 2.47. The largest absolute Gasteiger partial charge is 0.456 e. The van der Waals surface area contributed by atoms with Gasteiger partial charge in [-0.2, -0.15) is 0 Å². The molecule has 240 valence electrons. The van der Waals surface area contributed by atoms with Crippen LogP contribution in [0.4, 0.5) is 17.1 Å². The van der Waals surface area contributed by atoms with Crippen LogP contribution in [-0.2, 0) is 5.41 Å². The third kappa shape index (κ3) is 4.37. The fourth-order valence-electron chi connectivity index (χ4n) is 10.6. The lowest BCUT2D eigenvalue weighted by atomic mass is 9.80. The second-order valence-corrected chi connectivity index (χ2v) is 15.9. The molecule has 3 unspecified atom stereocenters. The van der Waals surface area contributed by atoms with Crippen molar-refractivity contribution in [2.45, 2.75) is 88.9 Å². The van der Waals surface area contributed by atoms with Crippen LogP contribution in [0.25, 0.3) is 33.1 Å². The predicted molar refractivity (Wildman–Crippen MR) is 200 cm³/mol. The lowest BCUT2D eigenvalue weighted by Crippen LogP contribution is -2.17. The zero-order valence-corrected chi connectivity index (χ0v) is 28.3. The smallest absolute Gasteiger partial charge is 0.135 e. The number of hydrogen-bond donors (Lipinski definition) is 0. The van der Waals surface area contributed by atoms with Gasteiger partial charge >= 0.3 is 0 Å². The fraction of sp³-hybridized carbons (Fsp3) is 0.348. The van der Waals surface area contributed by atoms with Gasteiger partial charge in [-0.05, 0) is 138 Å². The molecule has 2 heteroatoms. The molecule has 3 saturated carbocycles. The molecule has 4 aliphatic carbocycles. The molecule has 48 heavy (non-hydrogen) atoms. The van der Waals surface area contributed by atoms with Gasteiger partial charge in [-0.15, -0.1) is 0 Å². The molecule has 0 amide bonds. The van der Waals surface area contributed by atoms with Gasteiger partial charge in [0, 0.05) is 33.2 Å². The summed E-state index contributed by atoms with van der Waals surface area (Å²) in [5.41, 5.74) is 14.0. The molecule has 2 bridgehead atoms. The van der Waals surface area contributed by atoms with Gasteiger partial charge in [0.25, 0.3) is 0 Å². The Labute approximate surface area is 284 Å². The maximum atomic E-state index is 6.36. The zero-order chi connectivity index (χ0) is 32.0. The van der Waals surface area contributed by atoms with Crippen molar-refractivity contribution in [3.05, 3.63) is 125 Å². The Bertz CT molecular complexity index is 2160. The SMILES string of the molecule is CC1(C)c2cc(N(c3ccc(C4CCCCC4)cc3)c3ccc(C4CC5CCC4C5)cc3)ccc2-c2ccc3oc4ccccc4c3c21. The molecule has 0 saturated heterocycles. The van der Waals surface area contributed by atoms with Gasteiger partial charge in [0.15, 0.2) is 0 Å². The second kappa shape index (κ2) is 10.9. The van der Waals surface area contributed by atoms with Gasteiger partial charge in [0.05, 0.1) is 0 Å². The van der Waals surface area contributed by atoms with Crippen LogP contribution in [0.3, 0.4) is 0 Å². The zero-order valence-electron chi connectivity index (χ0n) is 28.3. The summed E-state index contributed by atoms with van der Waals surface area (Å²) in [6, 6.07) is 39.4. The summed E-state index contributed by atoms with van der Waals surface area (Å²) in [6.45, 7) is 4.80. The van der Waals surface area contributed by atoms with Crippen molar-refractivity contribution in [1.82, 2.24) is 0 Å². The van der Waals surface area contributed by atoms with Crippen molar-refractivity contribution in [3.63, 3.8) is 0 Å². The lowest BCUT2D eigenvalue weighted by Gasteiger charge is -2.29. The molecule has 0 aliphatic heterocycles. The molecule has 1 heterocycles. The van der Waals surface area contributed by atoms with Crippen molar-refractivity contribution >= 4 is 39.0 Å². The van der Waals surface area contributed by atoms with Gasteiger partial charge < -0.3 is 9.32 Å². The highest BCUT2D eigenvalue weighted by Gasteiger charge is 2.41. The van der Waals surface area contributed by atoms with Crippen LogP contribution >= 0.6 is 0 Å². The fourth-order valence-corrected chi connectivity index (χ4v) is 10.6. The average molecular weight is 628 g/mol. The highest BCUT2D eigenvalue weighted by molar-refractivity contribution is 6.11. The number of benzene rings is 5. The van der Waals surface area contributed by atoms with Gasteiger partial charge in [-0.3, -0.25) is 0 Å². The van der Waals surface area contributed by atoms with E-state index < -0.39 is 0 Å². The first-order valence-electron chi connectivity index (χ1n) is 18.6. The number of para-hydroxylation sites is 1. The van der Waals surface area contributed by atoms with Gasteiger partial charge in [0.1, 0.15) is 11.2 Å². The number of furan rings is 1. The van der Waals surface area contributed by atoms with E-state index in [1.165, 1.54) is 113 Å². The van der Waals surface area contributed by atoms with Crippen LogP contribution in [0, 0.1) is 11.8 Å². The Morgan fingerprint density at radius 3 is 2.06 bits per heavy atom. The number of anilines is 3. The molecule has 5 aromatic carbocycles. The molecular formula is C46H45NO. The molecule has 1 aromatic heterocycles. The van der Waals surface area contributed by atoms with E-state index in [4.69, 9.17) is 4.42 Å². The Kier molecular flexibility index (Phi) is 6.49. The summed E-state index contributed by atoms with van der Waals surface area (Å²) in [7, 11) is 0. The molecule has 3 atom stereocenters. The Morgan fingerprint density at radius 2 is 1.33 bits per heavy atom. The van der Waals surface area contributed by atoms with Crippen LogP contribution in [0.1, 0.15) is 106 Å². The van der Waals surface area contributed by atoms with E-state index in [2.05, 4.69) is 122 Å². The van der Waals surface area contributed by atoms with Crippen molar-refractivity contribution in [3.8, 4) is 11.1 Å². The molecule has 3 fully saturated rings. The molecular weight excluding hydrogens is 583 g/mol. The third-order valence-electron chi connectivity index (χ3n) is 12.9. The van der Waals surface area contributed by atoms with Gasteiger partial charge in [-0.25, -0.2) is 0 Å². The maximum absolute atomic E-state index is 6.36. The summed E-state index contributed by atoms with van der Waals surface area (Å²) in [4.78, 5) is 2.50. The molecule has 0 spiro atoms. The van der Waals surface area contributed by atoms with E-state index in [0.717, 1.165) is 28.9 Å². The van der Waals surface area contributed by atoms with E-state index in [0.29, 0.717) is 5.92 Å². The van der Waals surface area contributed by atoms with Crippen LogP contribution in [0.2, 0.25) is 0 Å². The number of nitrogens with zero attached hydrogens (tertiary/aromatic N) is 1. The summed E-state index contributed by atoms with van der Waals surface area (Å²) >= 11 is 0. The maximum Gasteiger partial charge on any atom is 0.135 e. The molecule has 0 radical (unpaired) electrons. The second-order valence-electron chi connectivity index (χ2n) is 15.9. The van der Waals surface area contributed by atoms with Crippen molar-refractivity contribution in [2.75, 3.05) is 4.90 Å². The van der Waals surface area contributed by atoms with Crippen molar-refractivity contribution in [1.29, 1.82) is 0 Å². The first-order valence-corrected chi connectivity index (χ1v) is 18.6. The quantitative estimate of drug-likeness (QED) is 0.189. The van der Waals surface area contributed by atoms with Crippen LogP contribution in [-0.4, -0.2) is 0 Å². The normalized spacial score (nSPS) is 22.8. The van der Waals surface area contributed by atoms with Crippen molar-refractivity contribution in [2.24, 2.45) is 11.8 Å². The third-order valence-corrected chi connectivity index (χ3v) is 12.9. The Morgan fingerprint density at radius 1 is 0.625 bits per heavy atom. The monoisotopic (exact) mass is 627 g/mol. The first-order chi connectivity index (χ1) is 23.5. The highest BCUT2D eigenvalue weighted by atomic mass is 16.3. The number of fused-ring (bicyclic) bond motifs is 9. The van der Waals surface area contributed by atoms with E-state index in [1.54, 1.807) is 5.56 Å². The minimum absolute atomic E-state index is 0.172. The molecule has 2 nitrogen and oxygen atoms in total. The molecule has 10 rings (SSSR count). The average Bonchev–Trinajstić information content (AvgIpc) is 3.91. The van der Waals surface area contributed by atoms with Crippen molar-refractivity contribution < 1.29 is 4.42 Å². The summed E-state index contributed by atoms with van der Waals surface area (Å²) < 4.78 is 6.36. The Hall–Kier alpha value is -4.30. The molecule has 6 aromatic rings. The lowest BCUT2D eigenvalue weighted by molar-refractivity contribution is 0.420. The van der Waals surface area contributed by atoms with E-state index >= 15 is 0 Å². The Balaban J connectivity index is 1.08. The highest BCUT2D eigenvalue weighted by Crippen LogP contribution is 2.55. The molecule has 0 N–H and O–H groups in total. The summed E-state index contributed by atoms with van der Waals surface area (Å²) in [5.74, 6) is 3.30. The number of rotatable bonds is 5. The standard InChI is InChI=1S/C46H45NO/c1-46(2)41-28-36(22-23-37(41)38-24-25-43-44(45(38)46)39-10-6-7-11-42(39)48-43)47(34-18-14-31(15-19-34)30-8-4-3-5-9-30)35-20-16-32(17-21-35)40-27-29-12-13-33(40)26-29/h6-7,10-11,14-25,28-30,33,40H,3-5,8-9,12-13,26-27H2,1-2H3. The van der Waals surface area contributed by atoms with E-state index in [-0.39, 0.29) is 5.41 Å². The van der Waals surface area contributed by atoms with Gasteiger partial charge in [0.2, 0.25) is 0 Å². The minimum Gasteiger partial charge on any atom is -0.456 e. The first kappa shape index (κ1) is 28.7. The van der Waals surface area contributed by atoms with Crippen LogP contribution in [0.5, 0.6) is 0 Å². The number of hydrogen-bond acceptors (Lipinski definition) is 2. The van der Waals surface area contributed by atoms with E-state index in [1.807, 2.05) is 0 Å². The minimum atomic E-state index is -0.172. The van der Waals surface area contributed by atoms with Crippen LogP contribution < -0.4 is 4.90 Å². The summed E-state index contributed by atoms with van der Waals surface area (Å²) in [6.07, 6.45) is 12.5. The van der Waals surface area contributed by atoms with Crippen LogP contribution in [0.15, 0.2) is 108 Å². The molecule has 4 aliphatic rings. The predicted octanol–water partition coefficient (Wildman–Crippen LogP) is 13.3. The van der Waals surface area contributed by atoms with E-state index in [9.17, 15) is 0 Å².